The number of anilines is 1. The summed E-state index contributed by atoms with van der Waals surface area (Å²) < 4.78 is 32.9. The molecule has 2 rings (SSSR count). The fourth-order valence-electron chi connectivity index (χ4n) is 1.99. The van der Waals surface area contributed by atoms with Crippen LogP contribution in [0.5, 0.6) is 5.75 Å². The standard InChI is InChI=1S/C16H18ClNO3S/c1-3-12-8-10-13(11-9-12)22(19,20)18-15-7-5-6-14(17)16(15)21-4-2/h5-11,18H,3-4H2,1-2H3. The summed E-state index contributed by atoms with van der Waals surface area (Å²) in [4.78, 5) is 0.201. The number of halogens is 1. The summed E-state index contributed by atoms with van der Waals surface area (Å²) in [6.07, 6.45) is 0.858. The van der Waals surface area contributed by atoms with Crippen molar-refractivity contribution in [1.82, 2.24) is 0 Å². The Morgan fingerprint density at radius 1 is 1.09 bits per heavy atom. The summed E-state index contributed by atoms with van der Waals surface area (Å²) in [5.41, 5.74) is 1.41. The molecular weight excluding hydrogens is 322 g/mol. The first-order chi connectivity index (χ1) is 10.5. The van der Waals surface area contributed by atoms with Gasteiger partial charge >= 0.3 is 0 Å². The maximum Gasteiger partial charge on any atom is 0.262 e. The number of sulfonamides is 1. The Hall–Kier alpha value is -1.72. The number of aryl methyl sites for hydroxylation is 1. The van der Waals surface area contributed by atoms with E-state index < -0.39 is 10.0 Å². The van der Waals surface area contributed by atoms with E-state index >= 15 is 0 Å². The molecule has 1 N–H and O–H groups in total. The zero-order valence-electron chi connectivity index (χ0n) is 12.5. The first-order valence-corrected chi connectivity index (χ1v) is 8.87. The van der Waals surface area contributed by atoms with Gasteiger partial charge in [-0.3, -0.25) is 4.72 Å². The molecule has 0 amide bonds. The molecule has 0 aliphatic carbocycles. The van der Waals surface area contributed by atoms with Crippen molar-refractivity contribution in [3.8, 4) is 5.75 Å². The third-order valence-corrected chi connectivity index (χ3v) is 4.82. The average Bonchev–Trinajstić information content (AvgIpc) is 2.50. The van der Waals surface area contributed by atoms with Gasteiger partial charge in [0.2, 0.25) is 0 Å². The Morgan fingerprint density at radius 2 is 1.77 bits per heavy atom. The average molecular weight is 340 g/mol. The lowest BCUT2D eigenvalue weighted by atomic mass is 10.2. The number of hydrogen-bond donors (Lipinski definition) is 1. The van der Waals surface area contributed by atoms with Gasteiger partial charge in [-0.25, -0.2) is 8.42 Å². The molecule has 0 aliphatic rings. The fraction of sp³-hybridized carbons (Fsp3) is 0.250. The number of hydrogen-bond acceptors (Lipinski definition) is 3. The Labute approximate surface area is 136 Å². The first-order valence-electron chi connectivity index (χ1n) is 7.01. The lowest BCUT2D eigenvalue weighted by Crippen LogP contribution is -2.14. The van der Waals surface area contributed by atoms with Crippen LogP contribution in [0.15, 0.2) is 47.4 Å². The molecule has 0 saturated heterocycles. The molecule has 0 aromatic heterocycles. The third-order valence-electron chi connectivity index (χ3n) is 3.14. The van der Waals surface area contributed by atoms with Crippen LogP contribution >= 0.6 is 11.6 Å². The highest BCUT2D eigenvalue weighted by Crippen LogP contribution is 2.34. The predicted octanol–water partition coefficient (Wildman–Crippen LogP) is 4.10. The van der Waals surface area contributed by atoms with E-state index in [9.17, 15) is 8.42 Å². The predicted molar refractivity (Wildman–Crippen MR) is 89.2 cm³/mol. The van der Waals surface area contributed by atoms with Crippen molar-refractivity contribution in [2.75, 3.05) is 11.3 Å². The maximum atomic E-state index is 12.5. The van der Waals surface area contributed by atoms with Crippen LogP contribution < -0.4 is 9.46 Å². The monoisotopic (exact) mass is 339 g/mol. The van der Waals surface area contributed by atoms with E-state index in [-0.39, 0.29) is 4.90 Å². The molecule has 2 aromatic carbocycles. The van der Waals surface area contributed by atoms with Gasteiger partial charge in [-0.05, 0) is 43.2 Å². The highest BCUT2D eigenvalue weighted by atomic mass is 35.5. The van der Waals surface area contributed by atoms with Crippen molar-refractivity contribution in [2.45, 2.75) is 25.2 Å². The van der Waals surface area contributed by atoms with Crippen molar-refractivity contribution in [3.05, 3.63) is 53.1 Å². The molecule has 0 spiro atoms. The van der Waals surface area contributed by atoms with E-state index in [1.54, 1.807) is 42.5 Å². The van der Waals surface area contributed by atoms with Crippen molar-refractivity contribution in [1.29, 1.82) is 0 Å². The first kappa shape index (κ1) is 16.6. The molecule has 2 aromatic rings. The molecule has 22 heavy (non-hydrogen) atoms. The summed E-state index contributed by atoms with van der Waals surface area (Å²) >= 11 is 6.06. The van der Waals surface area contributed by atoms with Crippen molar-refractivity contribution in [2.24, 2.45) is 0 Å². The van der Waals surface area contributed by atoms with E-state index in [4.69, 9.17) is 16.3 Å². The summed E-state index contributed by atoms with van der Waals surface area (Å²) in [5.74, 6) is 0.334. The minimum atomic E-state index is -3.68. The Bertz CT molecular complexity index is 742. The van der Waals surface area contributed by atoms with Crippen molar-refractivity contribution >= 4 is 27.3 Å². The number of benzene rings is 2. The van der Waals surface area contributed by atoms with Crippen molar-refractivity contribution in [3.63, 3.8) is 0 Å². The van der Waals surface area contributed by atoms with E-state index in [2.05, 4.69) is 4.72 Å². The number of nitrogens with one attached hydrogen (secondary N) is 1. The molecular formula is C16H18ClNO3S. The Morgan fingerprint density at radius 3 is 2.36 bits per heavy atom. The lowest BCUT2D eigenvalue weighted by molar-refractivity contribution is 0.342. The van der Waals surface area contributed by atoms with Gasteiger partial charge in [-0.2, -0.15) is 0 Å². The maximum absolute atomic E-state index is 12.5. The molecule has 0 radical (unpaired) electrons. The smallest absolute Gasteiger partial charge is 0.262 e. The number of para-hydroxylation sites is 1. The quantitative estimate of drug-likeness (QED) is 0.862. The fourth-order valence-corrected chi connectivity index (χ4v) is 3.28. The van der Waals surface area contributed by atoms with Gasteiger partial charge in [-0.1, -0.05) is 36.7 Å². The van der Waals surface area contributed by atoms with Crippen molar-refractivity contribution < 1.29 is 13.2 Å². The molecule has 118 valence electrons. The second kappa shape index (κ2) is 7.03. The molecule has 0 saturated carbocycles. The lowest BCUT2D eigenvalue weighted by Gasteiger charge is -2.14. The van der Waals surface area contributed by atoms with Crippen LogP contribution in [0.2, 0.25) is 5.02 Å². The summed E-state index contributed by atoms with van der Waals surface area (Å²) in [7, 11) is -3.68. The molecule has 0 aliphatic heterocycles. The van der Waals surface area contributed by atoms with E-state index in [0.717, 1.165) is 12.0 Å². The van der Waals surface area contributed by atoms with Crippen LogP contribution in [-0.2, 0) is 16.4 Å². The molecule has 0 atom stereocenters. The van der Waals surface area contributed by atoms with Crippen LogP contribution in [0, 0.1) is 0 Å². The highest BCUT2D eigenvalue weighted by Gasteiger charge is 2.17. The number of rotatable bonds is 6. The largest absolute Gasteiger partial charge is 0.490 e. The zero-order chi connectivity index (χ0) is 16.2. The van der Waals surface area contributed by atoms with Gasteiger partial charge in [0, 0.05) is 0 Å². The zero-order valence-corrected chi connectivity index (χ0v) is 14.0. The van der Waals surface area contributed by atoms with Crippen LogP contribution in [0.25, 0.3) is 0 Å². The minimum Gasteiger partial charge on any atom is -0.490 e. The molecule has 0 heterocycles. The molecule has 0 fully saturated rings. The molecule has 4 nitrogen and oxygen atoms in total. The molecule has 6 heteroatoms. The van der Waals surface area contributed by atoms with E-state index in [0.29, 0.717) is 23.1 Å². The summed E-state index contributed by atoms with van der Waals surface area (Å²) in [5, 5.41) is 0.364. The van der Waals surface area contributed by atoms with Gasteiger partial charge in [0.05, 0.1) is 22.2 Å². The van der Waals surface area contributed by atoms with Crippen LogP contribution in [0.4, 0.5) is 5.69 Å². The third kappa shape index (κ3) is 3.72. The second-order valence-electron chi connectivity index (χ2n) is 4.65. The highest BCUT2D eigenvalue weighted by molar-refractivity contribution is 7.92. The van der Waals surface area contributed by atoms with E-state index in [1.165, 1.54) is 0 Å². The Kier molecular flexibility index (Phi) is 5.32. The normalized spacial score (nSPS) is 11.2. The minimum absolute atomic E-state index is 0.201. The number of ether oxygens (including phenoxy) is 1. The van der Waals surface area contributed by atoms with Crippen LogP contribution in [-0.4, -0.2) is 15.0 Å². The van der Waals surface area contributed by atoms with Gasteiger partial charge in [-0.15, -0.1) is 0 Å². The summed E-state index contributed by atoms with van der Waals surface area (Å²) in [6, 6.07) is 11.7. The van der Waals surface area contributed by atoms with Crippen LogP contribution in [0.1, 0.15) is 19.4 Å². The second-order valence-corrected chi connectivity index (χ2v) is 6.74. The van der Waals surface area contributed by atoms with Gasteiger partial charge < -0.3 is 4.74 Å². The topological polar surface area (TPSA) is 55.4 Å². The molecule has 0 unspecified atom stereocenters. The van der Waals surface area contributed by atoms with E-state index in [1.807, 2.05) is 13.8 Å². The van der Waals surface area contributed by atoms with Gasteiger partial charge in [0.1, 0.15) is 0 Å². The SMILES string of the molecule is CCOc1c(Cl)cccc1NS(=O)(=O)c1ccc(CC)cc1. The Balaban J connectivity index is 2.34. The van der Waals surface area contributed by atoms with Gasteiger partial charge in [0.15, 0.2) is 5.75 Å². The van der Waals surface area contributed by atoms with Crippen LogP contribution in [0.3, 0.4) is 0 Å². The molecule has 0 bridgehead atoms. The van der Waals surface area contributed by atoms with Gasteiger partial charge in [0.25, 0.3) is 10.0 Å². The summed E-state index contributed by atoms with van der Waals surface area (Å²) in [6.45, 7) is 4.22.